The summed E-state index contributed by atoms with van der Waals surface area (Å²) in [5.74, 6) is -1.83. The zero-order chi connectivity index (χ0) is 20.0. The van der Waals surface area contributed by atoms with E-state index in [0.717, 1.165) is 6.33 Å². The van der Waals surface area contributed by atoms with E-state index in [2.05, 4.69) is 41.3 Å². The molecule has 0 aliphatic rings. The molecular formula is C15H15BrFN5O5. The quantitative estimate of drug-likeness (QED) is 0.359. The predicted molar refractivity (Wildman–Crippen MR) is 97.4 cm³/mol. The van der Waals surface area contributed by atoms with Crippen molar-refractivity contribution in [1.29, 1.82) is 0 Å². The van der Waals surface area contributed by atoms with E-state index >= 15 is 0 Å². The first kappa shape index (κ1) is 20.5. The smallest absolute Gasteiger partial charge is 0.353 e. The lowest BCUT2D eigenvalue weighted by molar-refractivity contribution is -0.383. The maximum Gasteiger partial charge on any atom is 0.353 e. The molecule has 27 heavy (non-hydrogen) atoms. The summed E-state index contributed by atoms with van der Waals surface area (Å²) in [4.78, 5) is 30.2. The number of hydrogen-bond donors (Lipinski definition) is 2. The number of hydrogen-bond acceptors (Lipinski definition) is 9. The molecule has 0 saturated heterocycles. The van der Waals surface area contributed by atoms with Gasteiger partial charge in [0.25, 0.3) is 0 Å². The standard InChI is InChI=1S/C15H15BrFN5O5/c1-26-6-11(15(23)27-2)21-14-12(22(24)25)13(18-7-19-14)20-10-4-3-8(16)5-9(10)17/h3-5,7,11H,6H2,1-2H3,(H2,18,19,20,21). The Balaban J connectivity index is 2.41. The summed E-state index contributed by atoms with van der Waals surface area (Å²) >= 11 is 3.13. The number of nitro groups is 1. The zero-order valence-electron chi connectivity index (χ0n) is 14.2. The highest BCUT2D eigenvalue weighted by molar-refractivity contribution is 9.10. The minimum Gasteiger partial charge on any atom is -0.467 e. The van der Waals surface area contributed by atoms with Crippen LogP contribution in [0.2, 0.25) is 0 Å². The van der Waals surface area contributed by atoms with Crippen LogP contribution in [0, 0.1) is 15.9 Å². The van der Waals surface area contributed by atoms with Crippen LogP contribution < -0.4 is 10.6 Å². The van der Waals surface area contributed by atoms with Crippen LogP contribution in [0.1, 0.15) is 0 Å². The summed E-state index contributed by atoms with van der Waals surface area (Å²) in [5.41, 5.74) is -0.586. The lowest BCUT2D eigenvalue weighted by Gasteiger charge is -2.16. The normalized spacial score (nSPS) is 11.6. The number of ether oxygens (including phenoxy) is 2. The Kier molecular flexibility index (Phi) is 6.96. The van der Waals surface area contributed by atoms with Crippen LogP contribution in [0.15, 0.2) is 29.0 Å². The number of benzene rings is 1. The molecule has 0 saturated carbocycles. The number of carbonyl (C=O) groups excluding carboxylic acids is 1. The van der Waals surface area contributed by atoms with Gasteiger partial charge in [0.2, 0.25) is 11.6 Å². The van der Waals surface area contributed by atoms with Crippen LogP contribution in [0.5, 0.6) is 0 Å². The van der Waals surface area contributed by atoms with Crippen molar-refractivity contribution in [3.8, 4) is 0 Å². The Morgan fingerprint density at radius 2 is 2.07 bits per heavy atom. The van der Waals surface area contributed by atoms with Gasteiger partial charge in [-0.3, -0.25) is 10.1 Å². The van der Waals surface area contributed by atoms with Gasteiger partial charge in [0.15, 0.2) is 0 Å². The Morgan fingerprint density at radius 1 is 1.37 bits per heavy atom. The van der Waals surface area contributed by atoms with Crippen LogP contribution in [0.3, 0.4) is 0 Å². The van der Waals surface area contributed by atoms with Crippen molar-refractivity contribution in [2.75, 3.05) is 31.5 Å². The summed E-state index contributed by atoms with van der Waals surface area (Å²) in [5, 5.41) is 16.7. The fourth-order valence-corrected chi connectivity index (χ4v) is 2.44. The van der Waals surface area contributed by atoms with E-state index in [-0.39, 0.29) is 23.9 Å². The summed E-state index contributed by atoms with van der Waals surface area (Å²) in [6.07, 6.45) is 1.04. The van der Waals surface area contributed by atoms with Crippen LogP contribution >= 0.6 is 15.9 Å². The molecule has 0 spiro atoms. The fraction of sp³-hybridized carbons (Fsp3) is 0.267. The monoisotopic (exact) mass is 443 g/mol. The molecule has 0 bridgehead atoms. The second-order valence-electron chi connectivity index (χ2n) is 5.10. The van der Waals surface area contributed by atoms with E-state index in [9.17, 15) is 19.3 Å². The van der Waals surface area contributed by atoms with Crippen molar-refractivity contribution >= 4 is 44.9 Å². The van der Waals surface area contributed by atoms with Gasteiger partial charge in [0, 0.05) is 11.6 Å². The second kappa shape index (κ2) is 9.19. The maximum atomic E-state index is 14.0. The Hall–Kier alpha value is -2.86. The summed E-state index contributed by atoms with van der Waals surface area (Å²) in [6, 6.07) is 3.11. The van der Waals surface area contributed by atoms with Crippen molar-refractivity contribution in [2.24, 2.45) is 0 Å². The Labute approximate surface area is 161 Å². The molecule has 144 valence electrons. The SMILES string of the molecule is COCC(Nc1ncnc(Nc2ccc(Br)cc2F)c1[N+](=O)[O-])C(=O)OC. The second-order valence-corrected chi connectivity index (χ2v) is 6.02. The highest BCUT2D eigenvalue weighted by Crippen LogP contribution is 2.32. The van der Waals surface area contributed by atoms with Crippen molar-refractivity contribution in [3.05, 3.63) is 44.9 Å². The highest BCUT2D eigenvalue weighted by atomic mass is 79.9. The molecule has 0 aliphatic carbocycles. The van der Waals surface area contributed by atoms with Gasteiger partial charge in [0.05, 0.1) is 24.3 Å². The molecule has 0 aliphatic heterocycles. The number of halogens is 2. The Morgan fingerprint density at radius 3 is 2.67 bits per heavy atom. The molecule has 1 atom stereocenters. The van der Waals surface area contributed by atoms with E-state index in [0.29, 0.717) is 4.47 Å². The van der Waals surface area contributed by atoms with E-state index in [1.54, 1.807) is 6.07 Å². The third-order valence-electron chi connectivity index (χ3n) is 3.32. The largest absolute Gasteiger partial charge is 0.467 e. The van der Waals surface area contributed by atoms with Gasteiger partial charge in [0.1, 0.15) is 18.2 Å². The molecular weight excluding hydrogens is 429 g/mol. The summed E-state index contributed by atoms with van der Waals surface area (Å²) < 4.78 is 24.1. The van der Waals surface area contributed by atoms with E-state index in [4.69, 9.17) is 4.74 Å². The molecule has 1 unspecified atom stereocenters. The minimum absolute atomic E-state index is 0.0210. The highest BCUT2D eigenvalue weighted by Gasteiger charge is 2.28. The molecule has 1 aromatic heterocycles. The number of nitrogens with zero attached hydrogens (tertiary/aromatic N) is 3. The molecule has 12 heteroatoms. The first-order valence-electron chi connectivity index (χ1n) is 7.42. The third kappa shape index (κ3) is 5.08. The van der Waals surface area contributed by atoms with Gasteiger partial charge < -0.3 is 20.1 Å². The fourth-order valence-electron chi connectivity index (χ4n) is 2.11. The van der Waals surface area contributed by atoms with Gasteiger partial charge in [-0.1, -0.05) is 15.9 Å². The van der Waals surface area contributed by atoms with Crippen molar-refractivity contribution < 1.29 is 23.6 Å². The number of aromatic nitrogens is 2. The zero-order valence-corrected chi connectivity index (χ0v) is 15.8. The number of methoxy groups -OCH3 is 2. The first-order chi connectivity index (χ1) is 12.9. The van der Waals surface area contributed by atoms with E-state index in [1.165, 1.54) is 26.4 Å². The van der Waals surface area contributed by atoms with E-state index in [1.807, 2.05) is 0 Å². The van der Waals surface area contributed by atoms with Crippen LogP contribution in [0.4, 0.5) is 27.4 Å². The van der Waals surface area contributed by atoms with Gasteiger partial charge in [-0.25, -0.2) is 19.2 Å². The van der Waals surface area contributed by atoms with Gasteiger partial charge >= 0.3 is 11.7 Å². The van der Waals surface area contributed by atoms with Crippen molar-refractivity contribution in [3.63, 3.8) is 0 Å². The van der Waals surface area contributed by atoms with Crippen molar-refractivity contribution in [2.45, 2.75) is 6.04 Å². The number of esters is 1. The topological polar surface area (TPSA) is 129 Å². The molecule has 0 fully saturated rings. The maximum absolute atomic E-state index is 14.0. The molecule has 2 rings (SSSR count). The van der Waals surface area contributed by atoms with Gasteiger partial charge in [-0.05, 0) is 18.2 Å². The number of anilines is 3. The number of carbonyl (C=O) groups is 1. The molecule has 2 aromatic rings. The van der Waals surface area contributed by atoms with Crippen molar-refractivity contribution in [1.82, 2.24) is 9.97 Å². The minimum atomic E-state index is -1.04. The third-order valence-corrected chi connectivity index (χ3v) is 3.81. The van der Waals surface area contributed by atoms with E-state index < -0.39 is 28.4 Å². The lowest BCUT2D eigenvalue weighted by Crippen LogP contribution is -2.35. The lowest BCUT2D eigenvalue weighted by atomic mass is 10.3. The average molecular weight is 444 g/mol. The molecule has 2 N–H and O–H groups in total. The van der Waals surface area contributed by atoms with Gasteiger partial charge in [-0.15, -0.1) is 0 Å². The first-order valence-corrected chi connectivity index (χ1v) is 8.21. The molecule has 0 radical (unpaired) electrons. The average Bonchev–Trinajstić information content (AvgIpc) is 2.63. The van der Waals surface area contributed by atoms with Gasteiger partial charge in [-0.2, -0.15) is 0 Å². The number of rotatable bonds is 8. The number of nitrogens with one attached hydrogen (secondary N) is 2. The summed E-state index contributed by atoms with van der Waals surface area (Å²) in [6.45, 7) is -0.113. The summed E-state index contributed by atoms with van der Waals surface area (Å²) in [7, 11) is 2.53. The van der Waals surface area contributed by atoms with Crippen LogP contribution in [-0.4, -0.2) is 47.7 Å². The molecule has 10 nitrogen and oxygen atoms in total. The predicted octanol–water partition coefficient (Wildman–Crippen LogP) is 2.63. The molecule has 1 aromatic carbocycles. The van der Waals surface area contributed by atoms with Crippen LogP contribution in [-0.2, 0) is 14.3 Å². The molecule has 1 heterocycles. The van der Waals surface area contributed by atoms with Crippen LogP contribution in [0.25, 0.3) is 0 Å². The Bertz CT molecular complexity index is 853. The molecule has 0 amide bonds.